The summed E-state index contributed by atoms with van der Waals surface area (Å²) in [6, 6.07) is 21.1. The first-order valence-electron chi connectivity index (χ1n) is 11.9. The van der Waals surface area contributed by atoms with E-state index in [0.29, 0.717) is 22.6 Å². The van der Waals surface area contributed by atoms with Gasteiger partial charge in [-0.2, -0.15) is 4.91 Å². The van der Waals surface area contributed by atoms with Gasteiger partial charge in [0.1, 0.15) is 30.5 Å². The van der Waals surface area contributed by atoms with Gasteiger partial charge in [-0.05, 0) is 66.8 Å². The van der Waals surface area contributed by atoms with Gasteiger partial charge in [0.2, 0.25) is 0 Å². The van der Waals surface area contributed by atoms with Crippen LogP contribution in [0.25, 0.3) is 0 Å². The molecule has 2 atom stereocenters. The number of hydrogen-bond donors (Lipinski definition) is 2. The van der Waals surface area contributed by atoms with E-state index in [1.807, 2.05) is 42.5 Å². The number of nitrogens with zero attached hydrogens (tertiary/aromatic N) is 1. The van der Waals surface area contributed by atoms with Crippen LogP contribution < -0.4 is 9.47 Å². The first-order valence-corrected chi connectivity index (χ1v) is 11.9. The van der Waals surface area contributed by atoms with E-state index in [0.717, 1.165) is 11.1 Å². The van der Waals surface area contributed by atoms with Crippen LogP contribution in [0.3, 0.4) is 0 Å². The number of carboxylic acids is 1. The molecule has 0 aromatic heterocycles. The number of benzene rings is 3. The Bertz CT molecular complexity index is 1230. The number of ether oxygens (including phenoxy) is 2. The maximum absolute atomic E-state index is 12.3. The number of rotatable bonds is 14. The zero-order valence-corrected chi connectivity index (χ0v) is 20.8. The van der Waals surface area contributed by atoms with Crippen molar-refractivity contribution < 1.29 is 24.2 Å². The van der Waals surface area contributed by atoms with Gasteiger partial charge < -0.3 is 20.0 Å². The topological polar surface area (TPSA) is 126 Å². The number of carbonyl (C=O) groups excluding carboxylic acids is 1. The van der Waals surface area contributed by atoms with Crippen LogP contribution in [0.2, 0.25) is 0 Å². The largest absolute Gasteiger partial charge is 0.491 e. The molecule has 0 amide bonds. The summed E-state index contributed by atoms with van der Waals surface area (Å²) in [5.41, 5.74) is 3.17. The van der Waals surface area contributed by atoms with E-state index in [2.05, 4.69) is 5.18 Å². The molecule has 0 aliphatic heterocycles. The standard InChI is InChI=1S/C29H30N2O6/c1-19(30)29(20(2)32)26-16-25(14-10-22(26)11-15-28(33)34)36-17-21-8-12-24(13-9-21)37-18-27(31-35)23-6-4-3-5-7-23/h3-10,12-14,16,27,29-30H,11,15,17-18H2,1-2H3,(H,33,34). The van der Waals surface area contributed by atoms with Gasteiger partial charge in [0.25, 0.3) is 0 Å². The van der Waals surface area contributed by atoms with Crippen LogP contribution in [0.15, 0.2) is 78.0 Å². The summed E-state index contributed by atoms with van der Waals surface area (Å²) in [7, 11) is 0. The van der Waals surface area contributed by atoms with Crippen LogP contribution >= 0.6 is 0 Å². The van der Waals surface area contributed by atoms with Crippen molar-refractivity contribution in [2.75, 3.05) is 6.61 Å². The van der Waals surface area contributed by atoms with Crippen molar-refractivity contribution in [2.45, 2.75) is 45.3 Å². The van der Waals surface area contributed by atoms with Crippen LogP contribution in [0.5, 0.6) is 11.5 Å². The van der Waals surface area contributed by atoms with Gasteiger partial charge in [0.15, 0.2) is 6.04 Å². The summed E-state index contributed by atoms with van der Waals surface area (Å²) in [5.74, 6) is -0.739. The van der Waals surface area contributed by atoms with E-state index in [1.165, 1.54) is 6.92 Å². The van der Waals surface area contributed by atoms with Crippen molar-refractivity contribution in [1.29, 1.82) is 5.41 Å². The number of ketones is 1. The molecule has 2 N–H and O–H groups in total. The first kappa shape index (κ1) is 27.3. The lowest BCUT2D eigenvalue weighted by atomic mass is 9.86. The molecule has 2 unspecified atom stereocenters. The van der Waals surface area contributed by atoms with E-state index in [4.69, 9.17) is 20.0 Å². The maximum atomic E-state index is 12.3. The average Bonchev–Trinajstić information content (AvgIpc) is 2.88. The molecule has 0 aliphatic rings. The summed E-state index contributed by atoms with van der Waals surface area (Å²) < 4.78 is 11.7. The minimum Gasteiger partial charge on any atom is -0.491 e. The predicted octanol–water partition coefficient (Wildman–Crippen LogP) is 5.88. The molecule has 0 fully saturated rings. The molecule has 192 valence electrons. The van der Waals surface area contributed by atoms with Crippen molar-refractivity contribution in [2.24, 2.45) is 5.18 Å². The molecule has 0 saturated carbocycles. The van der Waals surface area contributed by atoms with Gasteiger partial charge >= 0.3 is 5.97 Å². The number of nitroso groups, excluding NO2 is 1. The third-order valence-corrected chi connectivity index (χ3v) is 5.92. The predicted molar refractivity (Wildman–Crippen MR) is 140 cm³/mol. The second-order valence-electron chi connectivity index (χ2n) is 8.76. The van der Waals surface area contributed by atoms with Crippen molar-refractivity contribution in [1.82, 2.24) is 0 Å². The summed E-state index contributed by atoms with van der Waals surface area (Å²) in [4.78, 5) is 34.6. The van der Waals surface area contributed by atoms with E-state index in [9.17, 15) is 14.5 Å². The summed E-state index contributed by atoms with van der Waals surface area (Å²) >= 11 is 0. The van der Waals surface area contributed by atoms with Crippen LogP contribution in [0, 0.1) is 10.3 Å². The normalized spacial score (nSPS) is 12.3. The highest BCUT2D eigenvalue weighted by molar-refractivity contribution is 6.07. The quantitative estimate of drug-likeness (QED) is 0.209. The molecule has 37 heavy (non-hydrogen) atoms. The van der Waals surface area contributed by atoms with E-state index >= 15 is 0 Å². The number of carboxylic acid groups (broad SMARTS) is 1. The van der Waals surface area contributed by atoms with Crippen molar-refractivity contribution in [3.05, 3.63) is 100.0 Å². The first-order chi connectivity index (χ1) is 17.8. The van der Waals surface area contributed by atoms with Gasteiger partial charge in [0.05, 0.1) is 5.92 Å². The highest BCUT2D eigenvalue weighted by atomic mass is 16.5. The van der Waals surface area contributed by atoms with Gasteiger partial charge in [-0.1, -0.05) is 53.7 Å². The molecule has 8 nitrogen and oxygen atoms in total. The van der Waals surface area contributed by atoms with Crippen LogP contribution in [-0.4, -0.2) is 29.2 Å². The van der Waals surface area contributed by atoms with E-state index in [1.54, 1.807) is 37.3 Å². The zero-order valence-electron chi connectivity index (χ0n) is 20.8. The maximum Gasteiger partial charge on any atom is 0.303 e. The Kier molecular flexibility index (Phi) is 9.66. The lowest BCUT2D eigenvalue weighted by Gasteiger charge is -2.19. The number of hydrogen-bond acceptors (Lipinski definition) is 7. The summed E-state index contributed by atoms with van der Waals surface area (Å²) in [6.45, 7) is 3.38. The second-order valence-corrected chi connectivity index (χ2v) is 8.76. The van der Waals surface area contributed by atoms with E-state index in [-0.39, 0.29) is 37.6 Å². The fourth-order valence-electron chi connectivity index (χ4n) is 4.04. The van der Waals surface area contributed by atoms with Crippen LogP contribution in [0.1, 0.15) is 54.5 Å². The number of carbonyl (C=O) groups is 2. The monoisotopic (exact) mass is 502 g/mol. The molecular weight excluding hydrogens is 472 g/mol. The molecular formula is C29H30N2O6. The molecule has 0 radical (unpaired) electrons. The third kappa shape index (κ3) is 7.83. The average molecular weight is 503 g/mol. The number of aryl methyl sites for hydroxylation is 1. The minimum absolute atomic E-state index is 0.0711. The summed E-state index contributed by atoms with van der Waals surface area (Å²) in [5, 5.41) is 20.3. The molecule has 3 rings (SSSR count). The fourth-order valence-corrected chi connectivity index (χ4v) is 4.04. The number of Topliss-reactive ketones (excluding diaryl/α,β-unsaturated/α-hetero) is 1. The van der Waals surface area contributed by atoms with Crippen molar-refractivity contribution in [3.8, 4) is 11.5 Å². The zero-order chi connectivity index (χ0) is 26.8. The molecule has 8 heteroatoms. The lowest BCUT2D eigenvalue weighted by molar-refractivity contribution is -0.137. The highest BCUT2D eigenvalue weighted by Crippen LogP contribution is 2.29. The van der Waals surface area contributed by atoms with E-state index < -0.39 is 17.9 Å². The molecule has 3 aromatic rings. The molecule has 3 aromatic carbocycles. The Morgan fingerprint density at radius 2 is 1.62 bits per heavy atom. The van der Waals surface area contributed by atoms with Crippen LogP contribution in [-0.2, 0) is 22.6 Å². The number of aliphatic carboxylic acids is 1. The number of nitrogens with one attached hydrogen (secondary N) is 1. The minimum atomic E-state index is -0.928. The van der Waals surface area contributed by atoms with Gasteiger partial charge in [-0.15, -0.1) is 0 Å². The Morgan fingerprint density at radius 3 is 2.22 bits per heavy atom. The third-order valence-electron chi connectivity index (χ3n) is 5.92. The Balaban J connectivity index is 1.66. The van der Waals surface area contributed by atoms with Gasteiger partial charge in [0, 0.05) is 12.1 Å². The van der Waals surface area contributed by atoms with Crippen LogP contribution in [0.4, 0.5) is 0 Å². The SMILES string of the molecule is CC(=N)C(C(C)=O)c1cc(OCc2ccc(OCC(N=O)c3ccccc3)cc2)ccc1CCC(=O)O. The Morgan fingerprint density at radius 1 is 0.946 bits per heavy atom. The second kappa shape index (κ2) is 13.1. The summed E-state index contributed by atoms with van der Waals surface area (Å²) in [6.07, 6.45) is 0.187. The molecule has 0 heterocycles. The fraction of sp³-hybridized carbons (Fsp3) is 0.276. The van der Waals surface area contributed by atoms with Crippen molar-refractivity contribution in [3.63, 3.8) is 0 Å². The van der Waals surface area contributed by atoms with Gasteiger partial charge in [-0.25, -0.2) is 0 Å². The smallest absolute Gasteiger partial charge is 0.303 e. The Labute approximate surface area is 215 Å². The molecule has 0 bridgehead atoms. The molecule has 0 spiro atoms. The molecule has 0 aliphatic carbocycles. The van der Waals surface area contributed by atoms with Gasteiger partial charge in [-0.3, -0.25) is 9.59 Å². The highest BCUT2D eigenvalue weighted by Gasteiger charge is 2.23. The Hall–Kier alpha value is -4.33. The molecule has 0 saturated heterocycles. The van der Waals surface area contributed by atoms with Crippen molar-refractivity contribution >= 4 is 17.5 Å². The lowest BCUT2D eigenvalue weighted by Crippen LogP contribution is -2.19.